The third kappa shape index (κ3) is 3.62. The van der Waals surface area contributed by atoms with Crippen LogP contribution in [0.25, 0.3) is 0 Å². The molecular weight excluding hydrogens is 202 g/mol. The molecule has 0 saturated heterocycles. The van der Waals surface area contributed by atoms with Crippen LogP contribution in [0.1, 0.15) is 41.9 Å². The second-order valence-corrected chi connectivity index (χ2v) is 6.00. The summed E-state index contributed by atoms with van der Waals surface area (Å²) in [5.74, 6) is 1.02. The minimum absolute atomic E-state index is 1.02. The average Bonchev–Trinajstić information content (AvgIpc) is 2.84. The van der Waals surface area contributed by atoms with Gasteiger partial charge in [-0.05, 0) is 37.9 Å². The molecule has 2 heteroatoms. The van der Waals surface area contributed by atoms with Crippen molar-refractivity contribution in [1.82, 2.24) is 5.32 Å². The fourth-order valence-corrected chi connectivity index (χ4v) is 3.26. The van der Waals surface area contributed by atoms with Gasteiger partial charge >= 0.3 is 0 Å². The van der Waals surface area contributed by atoms with Gasteiger partial charge in [0.2, 0.25) is 0 Å². The van der Waals surface area contributed by atoms with Gasteiger partial charge in [-0.25, -0.2) is 0 Å². The first-order chi connectivity index (χ1) is 7.34. The Kier molecular flexibility index (Phi) is 4.21. The van der Waals surface area contributed by atoms with Crippen LogP contribution in [0.4, 0.5) is 0 Å². The lowest BCUT2D eigenvalue weighted by molar-refractivity contribution is 0.478. The normalized spacial score (nSPS) is 17.4. The van der Waals surface area contributed by atoms with E-state index in [0.717, 1.165) is 12.5 Å². The van der Waals surface area contributed by atoms with E-state index >= 15 is 0 Å². The maximum absolute atomic E-state index is 3.55. The molecule has 1 heterocycles. The average molecular weight is 223 g/mol. The molecule has 1 nitrogen and oxygen atoms in total. The number of nitrogens with one attached hydrogen (secondary N) is 1. The molecule has 0 radical (unpaired) electrons. The van der Waals surface area contributed by atoms with Gasteiger partial charge in [0.1, 0.15) is 0 Å². The smallest absolute Gasteiger partial charge is 0.0299 e. The highest BCUT2D eigenvalue weighted by molar-refractivity contribution is 7.11. The highest BCUT2D eigenvalue weighted by atomic mass is 32.1. The van der Waals surface area contributed by atoms with Gasteiger partial charge in [-0.1, -0.05) is 25.7 Å². The number of rotatable bonds is 5. The van der Waals surface area contributed by atoms with Crippen molar-refractivity contribution in [3.8, 4) is 0 Å². The molecule has 1 N–H and O–H groups in total. The molecule has 15 heavy (non-hydrogen) atoms. The molecule has 0 unspecified atom stereocenters. The number of aryl methyl sites for hydroxylation is 1. The Morgan fingerprint density at radius 1 is 1.33 bits per heavy atom. The fraction of sp³-hybridized carbons (Fsp3) is 0.692. The minimum Gasteiger partial charge on any atom is -0.312 e. The standard InChI is InChI=1S/C13H21NS/c1-11-6-7-13(15-11)10-14-9-8-12-4-2-3-5-12/h6-7,12,14H,2-5,8-10H2,1H3. The van der Waals surface area contributed by atoms with Crippen molar-refractivity contribution in [2.24, 2.45) is 5.92 Å². The third-order valence-electron chi connectivity index (χ3n) is 3.30. The maximum atomic E-state index is 3.55. The zero-order valence-corrected chi connectivity index (χ0v) is 10.4. The second kappa shape index (κ2) is 5.66. The van der Waals surface area contributed by atoms with Gasteiger partial charge in [0.25, 0.3) is 0 Å². The molecule has 0 amide bonds. The van der Waals surface area contributed by atoms with Crippen molar-refractivity contribution in [3.63, 3.8) is 0 Å². The molecule has 1 aliphatic rings. The van der Waals surface area contributed by atoms with E-state index in [1.54, 1.807) is 0 Å². The van der Waals surface area contributed by atoms with E-state index in [2.05, 4.69) is 24.4 Å². The zero-order valence-electron chi connectivity index (χ0n) is 9.59. The molecule has 0 bridgehead atoms. The van der Waals surface area contributed by atoms with Crippen molar-refractivity contribution in [3.05, 3.63) is 21.9 Å². The highest BCUT2D eigenvalue weighted by Gasteiger charge is 2.13. The quantitative estimate of drug-likeness (QED) is 0.750. The van der Waals surface area contributed by atoms with Gasteiger partial charge in [0, 0.05) is 16.3 Å². The molecule has 1 aliphatic carbocycles. The summed E-state index contributed by atoms with van der Waals surface area (Å²) >= 11 is 1.91. The summed E-state index contributed by atoms with van der Waals surface area (Å²) in [4.78, 5) is 2.89. The first kappa shape index (κ1) is 11.2. The van der Waals surface area contributed by atoms with E-state index in [-0.39, 0.29) is 0 Å². The monoisotopic (exact) mass is 223 g/mol. The lowest BCUT2D eigenvalue weighted by atomic mass is 10.0. The lowest BCUT2D eigenvalue weighted by Crippen LogP contribution is -2.16. The Morgan fingerprint density at radius 3 is 2.80 bits per heavy atom. The first-order valence-corrected chi connectivity index (χ1v) is 6.92. The second-order valence-electron chi connectivity index (χ2n) is 4.63. The Morgan fingerprint density at radius 2 is 2.13 bits per heavy atom. The molecule has 1 fully saturated rings. The van der Waals surface area contributed by atoms with E-state index in [0.29, 0.717) is 0 Å². The van der Waals surface area contributed by atoms with E-state index in [1.807, 2.05) is 11.3 Å². The van der Waals surface area contributed by atoms with Gasteiger partial charge in [-0.15, -0.1) is 11.3 Å². The number of hydrogen-bond acceptors (Lipinski definition) is 2. The molecule has 2 rings (SSSR count). The van der Waals surface area contributed by atoms with Gasteiger partial charge in [0.15, 0.2) is 0 Å². The van der Waals surface area contributed by atoms with Gasteiger partial charge < -0.3 is 5.32 Å². The number of hydrogen-bond donors (Lipinski definition) is 1. The summed E-state index contributed by atoms with van der Waals surface area (Å²) in [7, 11) is 0. The molecule has 84 valence electrons. The molecule has 0 atom stereocenters. The van der Waals surface area contributed by atoms with Crippen molar-refractivity contribution in [2.45, 2.75) is 45.6 Å². The van der Waals surface area contributed by atoms with Crippen LogP contribution in [0.2, 0.25) is 0 Å². The van der Waals surface area contributed by atoms with Crippen LogP contribution in [0.5, 0.6) is 0 Å². The molecular formula is C13H21NS. The molecule has 1 saturated carbocycles. The van der Waals surface area contributed by atoms with Crippen LogP contribution in [-0.2, 0) is 6.54 Å². The zero-order chi connectivity index (χ0) is 10.5. The Labute approximate surface area is 96.9 Å². The Bertz CT molecular complexity index is 286. The van der Waals surface area contributed by atoms with Crippen LogP contribution in [0.15, 0.2) is 12.1 Å². The maximum Gasteiger partial charge on any atom is 0.0299 e. The number of thiophene rings is 1. The minimum atomic E-state index is 1.02. The van der Waals surface area contributed by atoms with Crippen molar-refractivity contribution in [1.29, 1.82) is 0 Å². The molecule has 0 aromatic carbocycles. The van der Waals surface area contributed by atoms with E-state index < -0.39 is 0 Å². The molecule has 0 aliphatic heterocycles. The van der Waals surface area contributed by atoms with Gasteiger partial charge in [0.05, 0.1) is 0 Å². The molecule has 1 aromatic heterocycles. The predicted molar refractivity (Wildman–Crippen MR) is 67.3 cm³/mol. The van der Waals surface area contributed by atoms with E-state index in [9.17, 15) is 0 Å². The van der Waals surface area contributed by atoms with Gasteiger partial charge in [-0.3, -0.25) is 0 Å². The third-order valence-corrected chi connectivity index (χ3v) is 4.30. The topological polar surface area (TPSA) is 12.0 Å². The largest absolute Gasteiger partial charge is 0.312 e. The lowest BCUT2D eigenvalue weighted by Gasteiger charge is -2.08. The SMILES string of the molecule is Cc1ccc(CNCCC2CCCC2)s1. The van der Waals surface area contributed by atoms with Crippen molar-refractivity contribution >= 4 is 11.3 Å². The summed E-state index contributed by atoms with van der Waals surface area (Å²) in [6.45, 7) is 4.43. The molecule has 0 spiro atoms. The summed E-state index contributed by atoms with van der Waals surface area (Å²) in [6.07, 6.45) is 7.26. The van der Waals surface area contributed by atoms with Crippen LogP contribution in [-0.4, -0.2) is 6.54 Å². The fourth-order valence-electron chi connectivity index (χ4n) is 2.40. The van der Waals surface area contributed by atoms with Crippen LogP contribution >= 0.6 is 11.3 Å². The van der Waals surface area contributed by atoms with E-state index in [1.165, 1.54) is 48.4 Å². The summed E-state index contributed by atoms with van der Waals surface area (Å²) in [6, 6.07) is 4.45. The van der Waals surface area contributed by atoms with Crippen LogP contribution in [0, 0.1) is 12.8 Å². The summed E-state index contributed by atoms with van der Waals surface area (Å²) in [5.41, 5.74) is 0. The van der Waals surface area contributed by atoms with Crippen LogP contribution in [0.3, 0.4) is 0 Å². The Hall–Kier alpha value is -0.340. The van der Waals surface area contributed by atoms with Crippen molar-refractivity contribution < 1.29 is 0 Å². The van der Waals surface area contributed by atoms with Crippen molar-refractivity contribution in [2.75, 3.05) is 6.54 Å². The van der Waals surface area contributed by atoms with Gasteiger partial charge in [-0.2, -0.15) is 0 Å². The molecule has 1 aromatic rings. The highest BCUT2D eigenvalue weighted by Crippen LogP contribution is 2.26. The van der Waals surface area contributed by atoms with E-state index in [4.69, 9.17) is 0 Å². The summed E-state index contributed by atoms with van der Waals surface area (Å²) in [5, 5.41) is 3.55. The van der Waals surface area contributed by atoms with Crippen LogP contribution < -0.4 is 5.32 Å². The Balaban J connectivity index is 1.58. The predicted octanol–water partition coefficient (Wildman–Crippen LogP) is 3.73. The summed E-state index contributed by atoms with van der Waals surface area (Å²) < 4.78 is 0. The first-order valence-electron chi connectivity index (χ1n) is 6.10.